The minimum absolute atomic E-state index is 0.124. The van der Waals surface area contributed by atoms with E-state index in [9.17, 15) is 9.18 Å². The number of urea groups is 1. The third-order valence-electron chi connectivity index (χ3n) is 5.11. The second-order valence-corrected chi connectivity index (χ2v) is 7.76. The van der Waals surface area contributed by atoms with Crippen molar-refractivity contribution in [1.29, 1.82) is 0 Å². The number of fused-ring (bicyclic) bond motifs is 1. The van der Waals surface area contributed by atoms with Crippen LogP contribution in [0.3, 0.4) is 0 Å². The Labute approximate surface area is 176 Å². The lowest BCUT2D eigenvalue weighted by atomic mass is 10.1. The molecule has 2 amide bonds. The fraction of sp³-hybridized carbons (Fsp3) is 0.286. The zero-order valence-corrected chi connectivity index (χ0v) is 17.6. The van der Waals surface area contributed by atoms with Crippen LogP contribution in [0.15, 0.2) is 53.4 Å². The van der Waals surface area contributed by atoms with Crippen molar-refractivity contribution in [3.05, 3.63) is 70.5 Å². The van der Waals surface area contributed by atoms with Gasteiger partial charge in [0.15, 0.2) is 0 Å². The van der Waals surface area contributed by atoms with Crippen LogP contribution in [0.5, 0.6) is 0 Å². The maximum Gasteiger partial charge on any atom is 0.322 e. The Morgan fingerprint density at radius 1 is 1.24 bits per heavy atom. The number of benzene rings is 1. The predicted octanol–water partition coefficient (Wildman–Crippen LogP) is 4.78. The van der Waals surface area contributed by atoms with Crippen LogP contribution >= 0.6 is 15.9 Å². The molecule has 150 valence electrons. The first-order valence-corrected chi connectivity index (χ1v) is 10.4. The lowest BCUT2D eigenvalue weighted by Crippen LogP contribution is -2.44. The van der Waals surface area contributed by atoms with E-state index in [4.69, 9.17) is 0 Å². The van der Waals surface area contributed by atoms with Gasteiger partial charge in [0.05, 0.1) is 29.3 Å². The maximum atomic E-state index is 13.3. The highest BCUT2D eigenvalue weighted by Gasteiger charge is 2.28. The van der Waals surface area contributed by atoms with Gasteiger partial charge >= 0.3 is 6.03 Å². The molecule has 0 saturated carbocycles. The monoisotopic (exact) mass is 457 g/mol. The van der Waals surface area contributed by atoms with E-state index in [1.54, 1.807) is 34.1 Å². The summed E-state index contributed by atoms with van der Waals surface area (Å²) in [7, 11) is 0. The molecule has 0 saturated heterocycles. The van der Waals surface area contributed by atoms with E-state index in [1.165, 1.54) is 12.1 Å². The number of halogens is 2. The second kappa shape index (κ2) is 8.32. The summed E-state index contributed by atoms with van der Waals surface area (Å²) in [5.74, 6) is -0.288. The van der Waals surface area contributed by atoms with Gasteiger partial charge in [0, 0.05) is 12.7 Å². The van der Waals surface area contributed by atoms with Gasteiger partial charge in [-0.05, 0) is 71.1 Å². The van der Waals surface area contributed by atoms with Crippen LogP contribution in [0.1, 0.15) is 37.1 Å². The number of nitrogens with zero attached hydrogens (tertiary/aromatic N) is 4. The minimum atomic E-state index is -0.288. The topological polar surface area (TPSA) is 63.1 Å². The third-order valence-corrected chi connectivity index (χ3v) is 5.58. The number of carbonyl (C=O) groups is 1. The smallest absolute Gasteiger partial charge is 0.322 e. The summed E-state index contributed by atoms with van der Waals surface area (Å²) in [6.45, 7) is 2.66. The number of aromatic nitrogens is 3. The molecule has 1 atom stereocenters. The zero-order valence-electron chi connectivity index (χ0n) is 16.0. The van der Waals surface area contributed by atoms with Crippen molar-refractivity contribution >= 4 is 27.6 Å². The Morgan fingerprint density at radius 3 is 2.72 bits per heavy atom. The quantitative estimate of drug-likeness (QED) is 0.573. The molecule has 1 aliphatic heterocycles. The maximum absolute atomic E-state index is 13.3. The third kappa shape index (κ3) is 4.03. The summed E-state index contributed by atoms with van der Waals surface area (Å²) >= 11 is 3.34. The summed E-state index contributed by atoms with van der Waals surface area (Å²) in [5, 5.41) is 7.57. The average molecular weight is 458 g/mol. The Balaban J connectivity index is 1.56. The van der Waals surface area contributed by atoms with Crippen molar-refractivity contribution in [2.75, 3.05) is 11.4 Å². The van der Waals surface area contributed by atoms with Crippen LogP contribution in [0.4, 0.5) is 14.9 Å². The van der Waals surface area contributed by atoms with E-state index in [1.807, 2.05) is 19.1 Å². The Bertz CT molecular complexity index is 1000. The summed E-state index contributed by atoms with van der Waals surface area (Å²) < 4.78 is 15.8. The molecule has 1 aromatic carbocycles. The van der Waals surface area contributed by atoms with Crippen molar-refractivity contribution in [2.24, 2.45) is 0 Å². The van der Waals surface area contributed by atoms with Crippen molar-refractivity contribution in [3.63, 3.8) is 0 Å². The summed E-state index contributed by atoms with van der Waals surface area (Å²) in [6, 6.07) is 9.75. The van der Waals surface area contributed by atoms with E-state index in [0.29, 0.717) is 6.54 Å². The van der Waals surface area contributed by atoms with Crippen LogP contribution < -0.4 is 10.2 Å². The van der Waals surface area contributed by atoms with Crippen LogP contribution in [0.2, 0.25) is 0 Å². The van der Waals surface area contributed by atoms with E-state index < -0.39 is 0 Å². The molecule has 1 aliphatic rings. The second-order valence-electron chi connectivity index (χ2n) is 6.94. The molecule has 0 spiro atoms. The molecule has 1 N–H and O–H groups in total. The molecule has 8 heteroatoms. The van der Waals surface area contributed by atoms with Gasteiger partial charge in [0.2, 0.25) is 0 Å². The SMILES string of the molecule is CC[C@H](NC(=O)N1CCCc2c1cnn2-c1ccc(F)cc1)c1ccc(Br)nc1. The van der Waals surface area contributed by atoms with Crippen LogP contribution in [-0.4, -0.2) is 27.3 Å². The Kier molecular flexibility index (Phi) is 5.62. The number of anilines is 1. The van der Waals surface area contributed by atoms with Gasteiger partial charge in [-0.15, -0.1) is 0 Å². The molecule has 4 rings (SSSR count). The highest BCUT2D eigenvalue weighted by Crippen LogP contribution is 2.29. The van der Waals surface area contributed by atoms with Gasteiger partial charge < -0.3 is 5.32 Å². The molecule has 2 aromatic heterocycles. The van der Waals surface area contributed by atoms with Crippen molar-refractivity contribution in [3.8, 4) is 5.69 Å². The molecule has 29 heavy (non-hydrogen) atoms. The summed E-state index contributed by atoms with van der Waals surface area (Å²) in [6.07, 6.45) is 5.88. The predicted molar refractivity (Wildman–Crippen MR) is 113 cm³/mol. The number of amides is 2. The first-order valence-electron chi connectivity index (χ1n) is 9.59. The lowest BCUT2D eigenvalue weighted by molar-refractivity contribution is 0.241. The Morgan fingerprint density at radius 2 is 2.03 bits per heavy atom. The highest BCUT2D eigenvalue weighted by atomic mass is 79.9. The number of hydrogen-bond acceptors (Lipinski definition) is 3. The van der Waals surface area contributed by atoms with Gasteiger partial charge in [0.1, 0.15) is 10.4 Å². The van der Waals surface area contributed by atoms with Crippen LogP contribution in [0, 0.1) is 5.82 Å². The van der Waals surface area contributed by atoms with E-state index >= 15 is 0 Å². The van der Waals surface area contributed by atoms with Crippen molar-refractivity contribution in [2.45, 2.75) is 32.2 Å². The molecule has 0 fully saturated rings. The normalized spacial score (nSPS) is 14.4. The van der Waals surface area contributed by atoms with Gasteiger partial charge in [-0.2, -0.15) is 5.10 Å². The van der Waals surface area contributed by atoms with Crippen LogP contribution in [-0.2, 0) is 6.42 Å². The highest BCUT2D eigenvalue weighted by molar-refractivity contribution is 9.10. The van der Waals surface area contributed by atoms with E-state index in [2.05, 4.69) is 31.3 Å². The molecule has 6 nitrogen and oxygen atoms in total. The number of hydrogen-bond donors (Lipinski definition) is 1. The van der Waals surface area contributed by atoms with Crippen LogP contribution in [0.25, 0.3) is 5.69 Å². The largest absolute Gasteiger partial charge is 0.331 e. The Hall–Kier alpha value is -2.74. The number of pyridine rings is 1. The summed E-state index contributed by atoms with van der Waals surface area (Å²) in [5.41, 5.74) is 3.49. The minimum Gasteiger partial charge on any atom is -0.331 e. The number of nitrogens with one attached hydrogen (secondary N) is 1. The molecular weight excluding hydrogens is 437 g/mol. The lowest BCUT2D eigenvalue weighted by Gasteiger charge is -2.29. The molecule has 0 bridgehead atoms. The van der Waals surface area contributed by atoms with Gasteiger partial charge in [-0.3, -0.25) is 4.90 Å². The molecule has 0 unspecified atom stereocenters. The molecule has 0 aliphatic carbocycles. The van der Waals surface area contributed by atoms with Gasteiger partial charge in [-0.1, -0.05) is 13.0 Å². The van der Waals surface area contributed by atoms with E-state index in [0.717, 1.165) is 46.5 Å². The van der Waals surface area contributed by atoms with Crippen molar-refractivity contribution < 1.29 is 9.18 Å². The molecule has 3 aromatic rings. The standard InChI is InChI=1S/C21H21BrFN5O/c1-2-17(14-5-10-20(22)24-12-14)26-21(29)27-11-3-4-18-19(27)13-25-28(18)16-8-6-15(23)7-9-16/h5-10,12-13,17H,2-4,11H2,1H3,(H,26,29)/t17-/m0/s1. The van der Waals surface area contributed by atoms with Crippen molar-refractivity contribution in [1.82, 2.24) is 20.1 Å². The number of carbonyl (C=O) groups excluding carboxylic acids is 1. The van der Waals surface area contributed by atoms with E-state index in [-0.39, 0.29) is 17.9 Å². The zero-order chi connectivity index (χ0) is 20.4. The fourth-order valence-electron chi connectivity index (χ4n) is 3.61. The first-order chi connectivity index (χ1) is 14.1. The molecule has 0 radical (unpaired) electrons. The summed E-state index contributed by atoms with van der Waals surface area (Å²) in [4.78, 5) is 19.1. The number of rotatable bonds is 4. The van der Waals surface area contributed by atoms with Gasteiger partial charge in [0.25, 0.3) is 0 Å². The first kappa shape index (κ1) is 19.6. The molecule has 3 heterocycles. The molecular formula is C21H21BrFN5O. The van der Waals surface area contributed by atoms with Gasteiger partial charge in [-0.25, -0.2) is 18.9 Å². The average Bonchev–Trinajstić information content (AvgIpc) is 3.17. The fourth-order valence-corrected chi connectivity index (χ4v) is 3.84.